The molecule has 5 rings (SSSR count). The van der Waals surface area contributed by atoms with E-state index in [1.807, 2.05) is 41.3 Å². The van der Waals surface area contributed by atoms with Gasteiger partial charge in [-0.3, -0.25) is 9.59 Å². The van der Waals surface area contributed by atoms with Crippen LogP contribution in [0.3, 0.4) is 0 Å². The number of carbonyl (C=O) groups is 3. The number of amides is 2. The number of rotatable bonds is 7. The first kappa shape index (κ1) is 22.4. The van der Waals surface area contributed by atoms with E-state index in [-0.39, 0.29) is 31.3 Å². The number of ether oxygens (including phenoxy) is 1. The third kappa shape index (κ3) is 4.52. The number of nitrogens with zero attached hydrogens (tertiary/aromatic N) is 1. The molecule has 3 unspecified atom stereocenters. The van der Waals surface area contributed by atoms with Gasteiger partial charge in [0.15, 0.2) is 0 Å². The highest BCUT2D eigenvalue weighted by atomic mass is 16.5. The van der Waals surface area contributed by atoms with Crippen molar-refractivity contribution in [1.82, 2.24) is 10.2 Å². The van der Waals surface area contributed by atoms with Gasteiger partial charge in [-0.2, -0.15) is 0 Å². The Morgan fingerprint density at radius 2 is 1.56 bits per heavy atom. The first-order valence-corrected chi connectivity index (χ1v) is 12.1. The molecule has 2 aliphatic carbocycles. The number of likely N-dealkylation sites (tertiary alicyclic amines) is 1. The predicted octanol–water partition coefficient (Wildman–Crippen LogP) is 4.02. The van der Waals surface area contributed by atoms with Crippen molar-refractivity contribution in [2.45, 2.75) is 44.1 Å². The summed E-state index contributed by atoms with van der Waals surface area (Å²) in [7, 11) is 0. The Balaban J connectivity index is 1.25. The molecule has 0 radical (unpaired) electrons. The Kier molecular flexibility index (Phi) is 6.26. The van der Waals surface area contributed by atoms with Crippen molar-refractivity contribution in [1.29, 1.82) is 0 Å². The van der Waals surface area contributed by atoms with Gasteiger partial charge in [-0.1, -0.05) is 48.5 Å². The molecule has 2 amide bonds. The smallest absolute Gasteiger partial charge is 0.407 e. The van der Waals surface area contributed by atoms with Crippen molar-refractivity contribution in [2.24, 2.45) is 11.8 Å². The minimum Gasteiger partial charge on any atom is -0.481 e. The molecule has 34 heavy (non-hydrogen) atoms. The van der Waals surface area contributed by atoms with E-state index >= 15 is 0 Å². The minimum absolute atomic E-state index is 0.0458. The van der Waals surface area contributed by atoms with Gasteiger partial charge in [0, 0.05) is 25.4 Å². The lowest BCUT2D eigenvalue weighted by Crippen LogP contribution is -2.52. The van der Waals surface area contributed by atoms with E-state index in [2.05, 4.69) is 17.4 Å². The Labute approximate surface area is 199 Å². The zero-order valence-corrected chi connectivity index (χ0v) is 19.1. The summed E-state index contributed by atoms with van der Waals surface area (Å²) in [4.78, 5) is 38.9. The third-order valence-corrected chi connectivity index (χ3v) is 7.50. The van der Waals surface area contributed by atoms with Gasteiger partial charge in [0.1, 0.15) is 12.6 Å². The van der Waals surface area contributed by atoms with Crippen molar-refractivity contribution in [3.05, 3.63) is 59.7 Å². The maximum absolute atomic E-state index is 13.2. The molecule has 7 heteroatoms. The zero-order valence-electron chi connectivity index (χ0n) is 19.1. The summed E-state index contributed by atoms with van der Waals surface area (Å²) in [5.74, 6) is -0.254. The quantitative estimate of drug-likeness (QED) is 0.648. The van der Waals surface area contributed by atoms with Crippen LogP contribution in [0.5, 0.6) is 0 Å². The highest BCUT2D eigenvalue weighted by molar-refractivity contribution is 5.86. The second-order valence-electron chi connectivity index (χ2n) is 9.74. The van der Waals surface area contributed by atoms with Crippen LogP contribution < -0.4 is 5.32 Å². The van der Waals surface area contributed by atoms with Gasteiger partial charge in [0.05, 0.1) is 0 Å². The lowest BCUT2D eigenvalue weighted by molar-refractivity contribution is -0.138. The van der Waals surface area contributed by atoms with Crippen molar-refractivity contribution in [3.63, 3.8) is 0 Å². The average Bonchev–Trinajstić information content (AvgIpc) is 3.35. The number of benzene rings is 2. The Morgan fingerprint density at radius 1 is 0.971 bits per heavy atom. The molecule has 178 valence electrons. The summed E-state index contributed by atoms with van der Waals surface area (Å²) in [6.45, 7) is 1.52. The fourth-order valence-electron chi connectivity index (χ4n) is 5.92. The Hall–Kier alpha value is -3.35. The van der Waals surface area contributed by atoms with E-state index in [0.717, 1.165) is 41.5 Å². The standard InChI is InChI=1S/C27H30N2O5/c30-25(31)12-11-24(26(32)29-14-17-9-10-18(13-17)15-29)28-27(33)34-16-23-21-7-3-1-5-19(21)20-6-2-4-8-22(20)23/h1-8,17-18,23-24H,9-16H2,(H,28,33)(H,30,31). The van der Waals surface area contributed by atoms with Gasteiger partial charge in [0.25, 0.3) is 0 Å². The summed E-state index contributed by atoms with van der Waals surface area (Å²) in [5, 5.41) is 11.8. The van der Waals surface area contributed by atoms with E-state index < -0.39 is 18.1 Å². The fourth-order valence-corrected chi connectivity index (χ4v) is 5.92. The Bertz CT molecular complexity index is 1040. The lowest BCUT2D eigenvalue weighted by Gasteiger charge is -2.34. The number of nitrogens with one attached hydrogen (secondary N) is 1. The van der Waals surface area contributed by atoms with Gasteiger partial charge >= 0.3 is 12.1 Å². The molecular weight excluding hydrogens is 432 g/mol. The molecule has 1 heterocycles. The Morgan fingerprint density at radius 3 is 2.15 bits per heavy atom. The van der Waals surface area contributed by atoms with Gasteiger partial charge in [-0.05, 0) is 59.8 Å². The van der Waals surface area contributed by atoms with Crippen LogP contribution in [-0.4, -0.2) is 53.7 Å². The zero-order chi connectivity index (χ0) is 23.7. The number of carboxylic acids is 1. The molecule has 3 atom stereocenters. The molecule has 2 aromatic carbocycles. The number of piperidine rings is 1. The average molecular weight is 463 g/mol. The van der Waals surface area contributed by atoms with Crippen molar-refractivity contribution < 1.29 is 24.2 Å². The third-order valence-electron chi connectivity index (χ3n) is 7.50. The second-order valence-corrected chi connectivity index (χ2v) is 9.74. The van der Waals surface area contributed by atoms with Crippen LogP contribution in [0.1, 0.15) is 49.1 Å². The van der Waals surface area contributed by atoms with Crippen LogP contribution in [0, 0.1) is 11.8 Å². The molecule has 1 saturated carbocycles. The highest BCUT2D eigenvalue weighted by Crippen LogP contribution is 2.44. The summed E-state index contributed by atoms with van der Waals surface area (Å²) in [6.07, 6.45) is 2.58. The molecule has 0 spiro atoms. The normalized spacial score (nSPS) is 21.5. The molecule has 2 bridgehead atoms. The number of hydrogen-bond donors (Lipinski definition) is 2. The van der Waals surface area contributed by atoms with Crippen LogP contribution in [0.25, 0.3) is 11.1 Å². The van der Waals surface area contributed by atoms with E-state index in [1.54, 1.807) is 0 Å². The molecular formula is C27H30N2O5. The first-order chi connectivity index (χ1) is 16.5. The molecule has 3 aliphatic rings. The SMILES string of the molecule is O=C(O)CCC(NC(=O)OCC1c2ccccc2-c2ccccc21)C(=O)N1CC2CCC(C2)C1. The van der Waals surface area contributed by atoms with Crippen LogP contribution in [0.4, 0.5) is 4.79 Å². The first-order valence-electron chi connectivity index (χ1n) is 12.1. The van der Waals surface area contributed by atoms with Crippen molar-refractivity contribution >= 4 is 18.0 Å². The van der Waals surface area contributed by atoms with Gasteiger partial charge < -0.3 is 20.1 Å². The number of carboxylic acid groups (broad SMARTS) is 1. The molecule has 1 saturated heterocycles. The fraction of sp³-hybridized carbons (Fsp3) is 0.444. The summed E-state index contributed by atoms with van der Waals surface area (Å²) in [5.41, 5.74) is 4.50. The number of carbonyl (C=O) groups excluding carboxylic acids is 2. The number of aliphatic carboxylic acids is 1. The molecule has 1 aliphatic heterocycles. The maximum atomic E-state index is 13.2. The molecule has 2 aromatic rings. The van der Waals surface area contributed by atoms with E-state index in [0.29, 0.717) is 24.9 Å². The largest absolute Gasteiger partial charge is 0.481 e. The monoisotopic (exact) mass is 462 g/mol. The van der Waals surface area contributed by atoms with Gasteiger partial charge in [0.2, 0.25) is 5.91 Å². The van der Waals surface area contributed by atoms with E-state index in [4.69, 9.17) is 9.84 Å². The summed E-state index contributed by atoms with van der Waals surface area (Å²) in [6, 6.07) is 15.3. The topological polar surface area (TPSA) is 95.9 Å². The maximum Gasteiger partial charge on any atom is 0.407 e. The van der Waals surface area contributed by atoms with E-state index in [1.165, 1.54) is 0 Å². The van der Waals surface area contributed by atoms with Crippen molar-refractivity contribution in [3.8, 4) is 11.1 Å². The van der Waals surface area contributed by atoms with Crippen molar-refractivity contribution in [2.75, 3.05) is 19.7 Å². The van der Waals surface area contributed by atoms with Gasteiger partial charge in [-0.15, -0.1) is 0 Å². The summed E-state index contributed by atoms with van der Waals surface area (Å²) < 4.78 is 5.60. The van der Waals surface area contributed by atoms with Crippen LogP contribution >= 0.6 is 0 Å². The number of fused-ring (bicyclic) bond motifs is 5. The van der Waals surface area contributed by atoms with Crippen LogP contribution in [-0.2, 0) is 14.3 Å². The number of hydrogen-bond acceptors (Lipinski definition) is 4. The minimum atomic E-state index is -0.995. The highest BCUT2D eigenvalue weighted by Gasteiger charge is 2.37. The molecule has 2 N–H and O–H groups in total. The van der Waals surface area contributed by atoms with E-state index in [9.17, 15) is 14.4 Å². The van der Waals surface area contributed by atoms with Gasteiger partial charge in [-0.25, -0.2) is 4.79 Å². The van der Waals surface area contributed by atoms with Crippen LogP contribution in [0.2, 0.25) is 0 Å². The second kappa shape index (κ2) is 9.49. The summed E-state index contributed by atoms with van der Waals surface area (Å²) >= 11 is 0. The number of alkyl carbamates (subject to hydrolysis) is 1. The molecule has 2 fully saturated rings. The molecule has 0 aromatic heterocycles. The predicted molar refractivity (Wildman–Crippen MR) is 126 cm³/mol. The molecule has 7 nitrogen and oxygen atoms in total. The van der Waals surface area contributed by atoms with Crippen LogP contribution in [0.15, 0.2) is 48.5 Å². The lowest BCUT2D eigenvalue weighted by atomic mass is 9.97.